The van der Waals surface area contributed by atoms with Crippen molar-refractivity contribution in [2.45, 2.75) is 12.7 Å². The second-order valence-electron chi connectivity index (χ2n) is 4.81. The molecule has 25 heavy (non-hydrogen) atoms. The second kappa shape index (κ2) is 7.51. The van der Waals surface area contributed by atoms with Crippen LogP contribution in [0, 0.1) is 5.82 Å². The van der Waals surface area contributed by atoms with E-state index in [4.69, 9.17) is 28.3 Å². The Hall–Kier alpha value is -1.97. The summed E-state index contributed by atoms with van der Waals surface area (Å²) in [4.78, 5) is 18.7. The van der Waals surface area contributed by atoms with Crippen LogP contribution < -0.4 is 4.31 Å². The molecular weight excluding hydrogens is 396 g/mol. The fraction of sp³-hybridized carbons (Fsp3) is 0.214. The molecule has 0 spiro atoms. The van der Waals surface area contributed by atoms with E-state index in [0.717, 1.165) is 22.6 Å². The number of aromatic carboxylic acids is 1. The molecule has 2 rings (SSSR count). The van der Waals surface area contributed by atoms with Gasteiger partial charge in [0.2, 0.25) is 10.0 Å². The number of hydrogen-bond donors (Lipinski definition) is 1. The van der Waals surface area contributed by atoms with Gasteiger partial charge in [0.25, 0.3) is 0 Å². The number of sulfonamides is 1. The van der Waals surface area contributed by atoms with E-state index in [9.17, 15) is 17.6 Å². The zero-order valence-corrected chi connectivity index (χ0v) is 15.1. The first-order chi connectivity index (χ1) is 11.7. The summed E-state index contributed by atoms with van der Waals surface area (Å²) in [6.45, 7) is 1.40. The highest BCUT2D eigenvalue weighted by Crippen LogP contribution is 2.28. The molecule has 1 aromatic heterocycles. The number of carboxylic acids is 1. The molecular formula is C14H12Cl2FN3O4S. The van der Waals surface area contributed by atoms with Gasteiger partial charge in [0.05, 0.1) is 10.8 Å². The highest BCUT2D eigenvalue weighted by molar-refractivity contribution is 7.92. The number of carboxylic acid groups (broad SMARTS) is 1. The Bertz CT molecular complexity index is 924. The number of rotatable bonds is 6. The Morgan fingerprint density at radius 3 is 2.48 bits per heavy atom. The molecule has 0 aliphatic rings. The molecule has 0 saturated carbocycles. The molecule has 0 fully saturated rings. The van der Waals surface area contributed by atoms with Crippen molar-refractivity contribution in [1.82, 2.24) is 9.97 Å². The first kappa shape index (κ1) is 19.4. The van der Waals surface area contributed by atoms with E-state index < -0.39 is 33.3 Å². The van der Waals surface area contributed by atoms with Gasteiger partial charge >= 0.3 is 5.97 Å². The predicted molar refractivity (Wildman–Crippen MR) is 91.1 cm³/mol. The van der Waals surface area contributed by atoms with Gasteiger partial charge in [0.1, 0.15) is 5.82 Å². The van der Waals surface area contributed by atoms with Crippen molar-refractivity contribution in [2.75, 3.05) is 10.8 Å². The molecule has 7 nitrogen and oxygen atoms in total. The zero-order chi connectivity index (χ0) is 18.8. The first-order valence-corrected chi connectivity index (χ1v) is 9.22. The minimum absolute atomic E-state index is 0.0113. The minimum atomic E-state index is -4.11. The maximum absolute atomic E-state index is 13.6. The Morgan fingerprint density at radius 2 is 1.88 bits per heavy atom. The van der Waals surface area contributed by atoms with Gasteiger partial charge in [-0.2, -0.15) is 0 Å². The number of aromatic nitrogens is 2. The topological polar surface area (TPSA) is 100 Å². The molecule has 0 saturated heterocycles. The normalized spacial score (nSPS) is 11.4. The summed E-state index contributed by atoms with van der Waals surface area (Å²) >= 11 is 11.5. The van der Waals surface area contributed by atoms with Crippen LogP contribution in [0.2, 0.25) is 10.0 Å². The van der Waals surface area contributed by atoms with Crippen LogP contribution in [0.5, 0.6) is 0 Å². The lowest BCUT2D eigenvalue weighted by Gasteiger charge is -2.22. The third-order valence-corrected chi connectivity index (χ3v) is 5.59. The van der Waals surface area contributed by atoms with Gasteiger partial charge in [0, 0.05) is 24.0 Å². The average Bonchev–Trinajstić information content (AvgIpc) is 2.53. The van der Waals surface area contributed by atoms with E-state index in [0.29, 0.717) is 0 Å². The summed E-state index contributed by atoms with van der Waals surface area (Å²) in [6, 6.07) is 2.02. The van der Waals surface area contributed by atoms with Crippen LogP contribution in [0.15, 0.2) is 24.5 Å². The SMILES string of the molecule is CCN(c1nccnc1C(=O)O)S(=O)(=O)Cc1cc(F)c(Cl)cc1Cl. The van der Waals surface area contributed by atoms with Gasteiger partial charge in [-0.1, -0.05) is 23.2 Å². The van der Waals surface area contributed by atoms with Crippen LogP contribution in [0.1, 0.15) is 23.0 Å². The fourth-order valence-corrected chi connectivity index (χ4v) is 4.20. The molecule has 2 aromatic rings. The molecule has 1 aromatic carbocycles. The lowest BCUT2D eigenvalue weighted by molar-refractivity contribution is 0.0691. The largest absolute Gasteiger partial charge is 0.476 e. The van der Waals surface area contributed by atoms with Crippen molar-refractivity contribution >= 4 is 45.0 Å². The van der Waals surface area contributed by atoms with Gasteiger partial charge in [0.15, 0.2) is 11.5 Å². The monoisotopic (exact) mass is 407 g/mol. The molecule has 134 valence electrons. The Kier molecular flexibility index (Phi) is 5.81. The van der Waals surface area contributed by atoms with E-state index >= 15 is 0 Å². The molecule has 0 radical (unpaired) electrons. The van der Waals surface area contributed by atoms with E-state index in [-0.39, 0.29) is 28.0 Å². The van der Waals surface area contributed by atoms with E-state index in [1.54, 1.807) is 0 Å². The maximum atomic E-state index is 13.6. The predicted octanol–water partition coefficient (Wildman–Crippen LogP) is 2.98. The van der Waals surface area contributed by atoms with Gasteiger partial charge in [-0.05, 0) is 24.6 Å². The number of carbonyl (C=O) groups is 1. The number of hydrogen-bond acceptors (Lipinski definition) is 5. The Morgan fingerprint density at radius 1 is 1.24 bits per heavy atom. The van der Waals surface area contributed by atoms with Crippen LogP contribution in [-0.4, -0.2) is 36.0 Å². The van der Waals surface area contributed by atoms with Crippen molar-refractivity contribution in [3.63, 3.8) is 0 Å². The van der Waals surface area contributed by atoms with Crippen molar-refractivity contribution in [3.05, 3.63) is 51.6 Å². The summed E-state index contributed by atoms with van der Waals surface area (Å²) in [7, 11) is -4.11. The van der Waals surface area contributed by atoms with Crippen LogP contribution in [0.3, 0.4) is 0 Å². The molecule has 0 atom stereocenters. The Balaban J connectivity index is 2.47. The minimum Gasteiger partial charge on any atom is -0.476 e. The molecule has 1 heterocycles. The number of anilines is 1. The van der Waals surface area contributed by atoms with Gasteiger partial charge in [-0.15, -0.1) is 0 Å². The summed E-state index contributed by atoms with van der Waals surface area (Å²) < 4.78 is 39.8. The lowest BCUT2D eigenvalue weighted by Crippen LogP contribution is -2.34. The lowest BCUT2D eigenvalue weighted by atomic mass is 10.2. The Labute approximate surface area is 153 Å². The van der Waals surface area contributed by atoms with Gasteiger partial charge in [-0.25, -0.2) is 27.6 Å². The average molecular weight is 408 g/mol. The molecule has 11 heteroatoms. The molecule has 0 aliphatic heterocycles. The highest BCUT2D eigenvalue weighted by Gasteiger charge is 2.28. The van der Waals surface area contributed by atoms with Gasteiger partial charge < -0.3 is 5.11 Å². The summed E-state index contributed by atoms with van der Waals surface area (Å²) in [6.07, 6.45) is 2.31. The zero-order valence-electron chi connectivity index (χ0n) is 12.8. The number of halogens is 3. The highest BCUT2D eigenvalue weighted by atomic mass is 35.5. The molecule has 0 aliphatic carbocycles. The van der Waals surface area contributed by atoms with E-state index in [1.165, 1.54) is 13.1 Å². The molecule has 0 bridgehead atoms. The van der Waals surface area contributed by atoms with Crippen LogP contribution in [0.4, 0.5) is 10.2 Å². The second-order valence-corrected chi connectivity index (χ2v) is 7.52. The standard InChI is InChI=1S/C14H12Cl2FN3O4S/c1-2-20(13-12(14(21)22)18-3-4-19-13)25(23,24)7-8-5-11(17)10(16)6-9(8)15/h3-6H,2,7H2,1H3,(H,21,22). The third kappa shape index (κ3) is 4.17. The third-order valence-electron chi connectivity index (χ3n) is 3.17. The smallest absolute Gasteiger partial charge is 0.358 e. The van der Waals surface area contributed by atoms with Crippen LogP contribution in [-0.2, 0) is 15.8 Å². The summed E-state index contributed by atoms with van der Waals surface area (Å²) in [5, 5.41) is 8.91. The van der Waals surface area contributed by atoms with Crippen molar-refractivity contribution in [2.24, 2.45) is 0 Å². The first-order valence-electron chi connectivity index (χ1n) is 6.85. The number of nitrogens with zero attached hydrogens (tertiary/aromatic N) is 3. The molecule has 1 N–H and O–H groups in total. The van der Waals surface area contributed by atoms with Crippen molar-refractivity contribution in [1.29, 1.82) is 0 Å². The number of benzene rings is 1. The van der Waals surface area contributed by atoms with Crippen molar-refractivity contribution < 1.29 is 22.7 Å². The van der Waals surface area contributed by atoms with Crippen molar-refractivity contribution in [3.8, 4) is 0 Å². The summed E-state index contributed by atoms with van der Waals surface area (Å²) in [5.74, 6) is -3.23. The van der Waals surface area contributed by atoms with E-state index in [1.807, 2.05) is 0 Å². The molecule has 0 unspecified atom stereocenters. The fourth-order valence-electron chi connectivity index (χ4n) is 2.09. The maximum Gasteiger partial charge on any atom is 0.358 e. The molecule has 0 amide bonds. The quantitative estimate of drug-likeness (QED) is 0.738. The van der Waals surface area contributed by atoms with Crippen LogP contribution in [0.25, 0.3) is 0 Å². The van der Waals surface area contributed by atoms with E-state index in [2.05, 4.69) is 9.97 Å². The van der Waals surface area contributed by atoms with Gasteiger partial charge in [-0.3, -0.25) is 4.31 Å². The van der Waals surface area contributed by atoms with Crippen LogP contribution >= 0.6 is 23.2 Å². The summed E-state index contributed by atoms with van der Waals surface area (Å²) in [5.41, 5.74) is -0.524.